The molecule has 0 unspecified atom stereocenters. The second-order valence-electron chi connectivity index (χ2n) is 7.99. The van der Waals surface area contributed by atoms with E-state index >= 15 is 0 Å². The fourth-order valence-corrected chi connectivity index (χ4v) is 3.95. The highest BCUT2D eigenvalue weighted by molar-refractivity contribution is 5.63. The van der Waals surface area contributed by atoms with E-state index in [4.69, 9.17) is 4.98 Å². The summed E-state index contributed by atoms with van der Waals surface area (Å²) in [7, 11) is 0. The van der Waals surface area contributed by atoms with Gasteiger partial charge in [0.05, 0.1) is 13.3 Å². The van der Waals surface area contributed by atoms with E-state index in [9.17, 15) is 4.79 Å². The van der Waals surface area contributed by atoms with Crippen molar-refractivity contribution in [1.29, 1.82) is 0 Å². The highest BCUT2D eigenvalue weighted by atomic mass is 16.1. The molecule has 1 aliphatic rings. The van der Waals surface area contributed by atoms with Gasteiger partial charge in [-0.2, -0.15) is 0 Å². The summed E-state index contributed by atoms with van der Waals surface area (Å²) in [5, 5.41) is 0. The molecule has 0 aliphatic carbocycles. The Balaban J connectivity index is 1.72. The molecule has 150 valence electrons. The molecule has 0 atom stereocenters. The fourth-order valence-electron chi connectivity index (χ4n) is 3.95. The fraction of sp³-hybridized carbons (Fsp3) is 0.333. The first-order valence-corrected chi connectivity index (χ1v) is 10.1. The first-order valence-electron chi connectivity index (χ1n) is 10.1. The number of hydrogen-bond donors (Lipinski definition) is 0. The average Bonchev–Trinajstić information content (AvgIpc) is 2.71. The van der Waals surface area contributed by atoms with Crippen LogP contribution in [0.15, 0.2) is 53.3 Å². The minimum absolute atomic E-state index is 0.0478. The molecular weight excluding hydrogens is 360 g/mol. The van der Waals surface area contributed by atoms with Crippen LogP contribution < -0.4 is 10.5 Å². The second-order valence-corrected chi connectivity index (χ2v) is 7.99. The molecule has 29 heavy (non-hydrogen) atoms. The van der Waals surface area contributed by atoms with E-state index in [1.807, 2.05) is 24.5 Å². The number of hydrogen-bond acceptors (Lipinski definition) is 4. The highest BCUT2D eigenvalue weighted by Gasteiger charge is 2.27. The summed E-state index contributed by atoms with van der Waals surface area (Å²) in [6, 6.07) is 16.9. The van der Waals surface area contributed by atoms with Crippen LogP contribution in [0, 0.1) is 27.7 Å². The van der Waals surface area contributed by atoms with Crippen molar-refractivity contribution in [3.05, 3.63) is 86.8 Å². The molecule has 0 saturated carbocycles. The van der Waals surface area contributed by atoms with Gasteiger partial charge in [-0.05, 0) is 51.3 Å². The number of aryl methyl sites for hydroxylation is 3. The predicted molar refractivity (Wildman–Crippen MR) is 118 cm³/mol. The zero-order valence-corrected chi connectivity index (χ0v) is 17.6. The number of nitrogens with zero attached hydrogens (tertiary/aromatic N) is 4. The lowest BCUT2D eigenvalue weighted by Crippen LogP contribution is -2.48. The molecule has 0 fully saturated rings. The molecular formula is C24H28N4O. The molecule has 5 nitrogen and oxygen atoms in total. The Morgan fingerprint density at radius 3 is 2.45 bits per heavy atom. The van der Waals surface area contributed by atoms with Crippen LogP contribution in [-0.4, -0.2) is 27.7 Å². The standard InChI is InChI=1S/C24H28N4O/c1-17-10-11-22(18(2)14-17)27-15-26(13-12-21-8-6-5-7-9-21)16-28-23(29)19(3)20(4)25-24(27)28/h5-11,14H,12-13,15-16H2,1-4H3. The van der Waals surface area contributed by atoms with Crippen molar-refractivity contribution >= 4 is 11.6 Å². The monoisotopic (exact) mass is 388 g/mol. The van der Waals surface area contributed by atoms with Gasteiger partial charge in [0.25, 0.3) is 5.56 Å². The minimum atomic E-state index is 0.0478. The van der Waals surface area contributed by atoms with Crippen LogP contribution in [-0.2, 0) is 13.1 Å². The van der Waals surface area contributed by atoms with Gasteiger partial charge in [0.2, 0.25) is 5.95 Å². The summed E-state index contributed by atoms with van der Waals surface area (Å²) in [5.74, 6) is 0.737. The van der Waals surface area contributed by atoms with Crippen molar-refractivity contribution in [2.45, 2.75) is 40.8 Å². The van der Waals surface area contributed by atoms with Crippen molar-refractivity contribution in [3.63, 3.8) is 0 Å². The van der Waals surface area contributed by atoms with E-state index in [-0.39, 0.29) is 5.56 Å². The second kappa shape index (κ2) is 7.84. The van der Waals surface area contributed by atoms with E-state index in [2.05, 4.69) is 66.1 Å². The van der Waals surface area contributed by atoms with Gasteiger partial charge in [-0.3, -0.25) is 19.2 Å². The number of aromatic nitrogens is 2. The van der Waals surface area contributed by atoms with Gasteiger partial charge in [-0.15, -0.1) is 0 Å². The topological polar surface area (TPSA) is 41.4 Å². The minimum Gasteiger partial charge on any atom is -0.298 e. The highest BCUT2D eigenvalue weighted by Crippen LogP contribution is 2.30. The summed E-state index contributed by atoms with van der Waals surface area (Å²) in [4.78, 5) is 22.3. The molecule has 2 aromatic carbocycles. The van der Waals surface area contributed by atoms with Crippen LogP contribution >= 0.6 is 0 Å². The Labute approximate surface area is 172 Å². The lowest BCUT2D eigenvalue weighted by molar-refractivity contribution is 0.200. The molecule has 4 rings (SSSR count). The Morgan fingerprint density at radius 2 is 1.72 bits per heavy atom. The van der Waals surface area contributed by atoms with Gasteiger partial charge in [0.1, 0.15) is 0 Å². The quantitative estimate of drug-likeness (QED) is 0.675. The van der Waals surface area contributed by atoms with Gasteiger partial charge in [-0.1, -0.05) is 48.0 Å². The first-order chi connectivity index (χ1) is 13.9. The zero-order chi connectivity index (χ0) is 20.5. The van der Waals surface area contributed by atoms with Crippen molar-refractivity contribution in [1.82, 2.24) is 14.5 Å². The molecule has 5 heteroatoms. The predicted octanol–water partition coefficient (Wildman–Crippen LogP) is 4.09. The lowest BCUT2D eigenvalue weighted by Gasteiger charge is -2.39. The molecule has 0 spiro atoms. The van der Waals surface area contributed by atoms with Crippen LogP contribution in [0.3, 0.4) is 0 Å². The molecule has 0 radical (unpaired) electrons. The van der Waals surface area contributed by atoms with Crippen LogP contribution in [0.5, 0.6) is 0 Å². The Kier molecular flexibility index (Phi) is 5.24. The largest absolute Gasteiger partial charge is 0.298 e. The third-order valence-corrected chi connectivity index (χ3v) is 5.74. The molecule has 0 N–H and O–H groups in total. The van der Waals surface area contributed by atoms with Gasteiger partial charge < -0.3 is 0 Å². The Bertz CT molecular complexity index is 1090. The maximum Gasteiger partial charge on any atom is 0.259 e. The van der Waals surface area contributed by atoms with E-state index in [0.717, 1.165) is 35.9 Å². The molecule has 0 saturated heterocycles. The van der Waals surface area contributed by atoms with Crippen LogP contribution in [0.2, 0.25) is 0 Å². The summed E-state index contributed by atoms with van der Waals surface area (Å²) in [5.41, 5.74) is 6.40. The summed E-state index contributed by atoms with van der Waals surface area (Å²) >= 11 is 0. The average molecular weight is 389 g/mol. The lowest BCUT2D eigenvalue weighted by atomic mass is 10.1. The SMILES string of the molecule is Cc1ccc(N2CN(CCc3ccccc3)Cn3c2nc(C)c(C)c3=O)c(C)c1. The van der Waals surface area contributed by atoms with Gasteiger partial charge in [0, 0.05) is 23.5 Å². The van der Waals surface area contributed by atoms with Crippen LogP contribution in [0.1, 0.15) is 27.9 Å². The van der Waals surface area contributed by atoms with Crippen molar-refractivity contribution in [3.8, 4) is 0 Å². The van der Waals surface area contributed by atoms with Crippen LogP contribution in [0.25, 0.3) is 0 Å². The smallest absolute Gasteiger partial charge is 0.259 e. The van der Waals surface area contributed by atoms with E-state index in [1.54, 1.807) is 0 Å². The van der Waals surface area contributed by atoms with Gasteiger partial charge in [0.15, 0.2) is 0 Å². The van der Waals surface area contributed by atoms with Gasteiger partial charge in [-0.25, -0.2) is 4.98 Å². The molecule has 3 aromatic rings. The summed E-state index contributed by atoms with van der Waals surface area (Å²) in [6.45, 7) is 10.2. The number of rotatable bonds is 4. The van der Waals surface area contributed by atoms with E-state index < -0.39 is 0 Å². The van der Waals surface area contributed by atoms with Crippen molar-refractivity contribution < 1.29 is 0 Å². The first kappa shape index (κ1) is 19.4. The molecule has 0 amide bonds. The molecule has 0 bridgehead atoms. The van der Waals surface area contributed by atoms with Gasteiger partial charge >= 0.3 is 0 Å². The normalized spacial score (nSPS) is 14.1. The summed E-state index contributed by atoms with van der Waals surface area (Å²) < 4.78 is 1.82. The van der Waals surface area contributed by atoms with E-state index in [0.29, 0.717) is 13.3 Å². The zero-order valence-electron chi connectivity index (χ0n) is 17.6. The number of benzene rings is 2. The number of fused-ring (bicyclic) bond motifs is 1. The maximum atomic E-state index is 13.0. The third-order valence-electron chi connectivity index (χ3n) is 5.74. The third kappa shape index (κ3) is 3.83. The van der Waals surface area contributed by atoms with Crippen molar-refractivity contribution in [2.24, 2.45) is 0 Å². The molecule has 2 heterocycles. The van der Waals surface area contributed by atoms with Crippen LogP contribution in [0.4, 0.5) is 11.6 Å². The Morgan fingerprint density at radius 1 is 0.966 bits per heavy atom. The van der Waals surface area contributed by atoms with Crippen molar-refractivity contribution in [2.75, 3.05) is 18.1 Å². The van der Waals surface area contributed by atoms with E-state index in [1.165, 1.54) is 16.7 Å². The molecule has 1 aliphatic heterocycles. The maximum absolute atomic E-state index is 13.0. The summed E-state index contributed by atoms with van der Waals surface area (Å²) in [6.07, 6.45) is 0.948. The number of anilines is 2. The Hall–Kier alpha value is -2.92. The molecule has 1 aromatic heterocycles.